The maximum atomic E-state index is 4.60. The highest BCUT2D eigenvalue weighted by Crippen LogP contribution is 2.13. The zero-order chi connectivity index (χ0) is 14.5. The van der Waals surface area contributed by atoms with Crippen molar-refractivity contribution in [1.82, 2.24) is 19.6 Å². The van der Waals surface area contributed by atoms with Crippen LogP contribution >= 0.6 is 0 Å². The Morgan fingerprint density at radius 2 is 2.14 bits per heavy atom. The molecule has 0 amide bonds. The average molecular weight is 281 g/mol. The van der Waals surface area contributed by atoms with Crippen molar-refractivity contribution in [2.45, 2.75) is 26.2 Å². The van der Waals surface area contributed by atoms with Crippen LogP contribution in [-0.4, -0.2) is 26.1 Å². The van der Waals surface area contributed by atoms with Crippen molar-refractivity contribution in [3.05, 3.63) is 54.1 Å². The van der Waals surface area contributed by atoms with Gasteiger partial charge in [0, 0.05) is 36.8 Å². The van der Waals surface area contributed by atoms with Gasteiger partial charge in [-0.25, -0.2) is 4.98 Å². The predicted molar refractivity (Wildman–Crippen MR) is 83.4 cm³/mol. The molecular weight excluding hydrogens is 262 g/mol. The summed E-state index contributed by atoms with van der Waals surface area (Å²) in [4.78, 5) is 8.74. The molecule has 0 saturated heterocycles. The molecule has 1 N–H and O–H groups in total. The fourth-order valence-corrected chi connectivity index (χ4v) is 2.36. The molecule has 21 heavy (non-hydrogen) atoms. The average Bonchev–Trinajstić information content (AvgIpc) is 2.97. The molecule has 3 rings (SSSR count). The number of aryl methyl sites for hydroxylation is 1. The first-order chi connectivity index (χ1) is 10.4. The first-order valence-electron chi connectivity index (χ1n) is 7.33. The molecule has 5 heteroatoms. The summed E-state index contributed by atoms with van der Waals surface area (Å²) in [6.45, 7) is 3.01. The van der Waals surface area contributed by atoms with E-state index in [4.69, 9.17) is 0 Å². The van der Waals surface area contributed by atoms with E-state index in [9.17, 15) is 0 Å². The van der Waals surface area contributed by atoms with Crippen LogP contribution in [-0.2, 0) is 12.8 Å². The largest absolute Gasteiger partial charge is 0.370 e. The first kappa shape index (κ1) is 13.5. The molecule has 0 aromatic carbocycles. The minimum atomic E-state index is 0.843. The third-order valence-corrected chi connectivity index (χ3v) is 3.36. The molecular formula is C16H19N5. The molecule has 0 spiro atoms. The number of hydrogen-bond acceptors (Lipinski definition) is 4. The van der Waals surface area contributed by atoms with E-state index in [-0.39, 0.29) is 0 Å². The van der Waals surface area contributed by atoms with Crippen LogP contribution in [0.1, 0.15) is 24.6 Å². The molecule has 3 aromatic rings. The lowest BCUT2D eigenvalue weighted by atomic mass is 10.2. The minimum Gasteiger partial charge on any atom is -0.370 e. The summed E-state index contributed by atoms with van der Waals surface area (Å²) in [7, 11) is 0. The Kier molecular flexibility index (Phi) is 4.09. The van der Waals surface area contributed by atoms with Crippen LogP contribution in [0.15, 0.2) is 42.9 Å². The fourth-order valence-electron chi connectivity index (χ4n) is 2.36. The number of fused-ring (bicyclic) bond motifs is 1. The lowest BCUT2D eigenvalue weighted by Crippen LogP contribution is -2.10. The monoisotopic (exact) mass is 281 g/mol. The minimum absolute atomic E-state index is 0.843. The molecule has 3 heterocycles. The zero-order valence-corrected chi connectivity index (χ0v) is 12.2. The molecule has 0 atom stereocenters. The Labute approximate surface area is 124 Å². The third kappa shape index (κ3) is 3.18. The van der Waals surface area contributed by atoms with E-state index in [0.29, 0.717) is 0 Å². The van der Waals surface area contributed by atoms with Crippen molar-refractivity contribution in [2.75, 3.05) is 11.9 Å². The zero-order valence-electron chi connectivity index (χ0n) is 12.2. The number of aromatic nitrogens is 4. The van der Waals surface area contributed by atoms with Crippen molar-refractivity contribution in [3.8, 4) is 0 Å². The topological polar surface area (TPSA) is 55.1 Å². The van der Waals surface area contributed by atoms with Crippen LogP contribution in [0, 0.1) is 0 Å². The summed E-state index contributed by atoms with van der Waals surface area (Å²) < 4.78 is 1.85. The van der Waals surface area contributed by atoms with Gasteiger partial charge in [0.15, 0.2) is 5.65 Å². The number of nitrogens with zero attached hydrogens (tertiary/aromatic N) is 4. The Hall–Kier alpha value is -2.43. The number of pyridine rings is 1. The summed E-state index contributed by atoms with van der Waals surface area (Å²) in [6.07, 6.45) is 8.49. The maximum absolute atomic E-state index is 4.60. The van der Waals surface area contributed by atoms with Crippen LogP contribution < -0.4 is 5.32 Å². The van der Waals surface area contributed by atoms with Crippen molar-refractivity contribution in [3.63, 3.8) is 0 Å². The summed E-state index contributed by atoms with van der Waals surface area (Å²) in [5.41, 5.74) is 3.23. The maximum Gasteiger partial charge on any atom is 0.157 e. The molecule has 0 aliphatic rings. The van der Waals surface area contributed by atoms with Crippen LogP contribution in [0.4, 0.5) is 5.82 Å². The SMILES string of the molecule is CCCc1cc(NCCc2cccnc2)n2nccc2n1. The summed E-state index contributed by atoms with van der Waals surface area (Å²) in [5.74, 6) is 0.998. The van der Waals surface area contributed by atoms with Gasteiger partial charge in [0.2, 0.25) is 0 Å². The Balaban J connectivity index is 1.74. The standard InChI is InChI=1S/C16H19N5/c1-2-4-14-11-16(21-15(20-14)7-10-19-21)18-9-6-13-5-3-8-17-12-13/h3,5,7-8,10-12,18H,2,4,6,9H2,1H3. The van der Waals surface area contributed by atoms with Gasteiger partial charge in [0.25, 0.3) is 0 Å². The van der Waals surface area contributed by atoms with Crippen molar-refractivity contribution < 1.29 is 0 Å². The summed E-state index contributed by atoms with van der Waals surface area (Å²) in [6, 6.07) is 8.08. The number of nitrogens with one attached hydrogen (secondary N) is 1. The molecule has 0 aliphatic carbocycles. The van der Waals surface area contributed by atoms with Crippen LogP contribution in [0.25, 0.3) is 5.65 Å². The van der Waals surface area contributed by atoms with Gasteiger partial charge in [-0.15, -0.1) is 0 Å². The summed E-state index contributed by atoms with van der Waals surface area (Å²) in [5, 5.41) is 7.78. The van der Waals surface area contributed by atoms with Gasteiger partial charge < -0.3 is 5.32 Å². The molecule has 0 saturated carbocycles. The molecule has 5 nitrogen and oxygen atoms in total. The van der Waals surface area contributed by atoms with E-state index in [1.165, 1.54) is 5.56 Å². The Bertz CT molecular complexity index is 705. The van der Waals surface area contributed by atoms with Crippen molar-refractivity contribution in [2.24, 2.45) is 0 Å². The van der Waals surface area contributed by atoms with E-state index >= 15 is 0 Å². The molecule has 0 bridgehead atoms. The molecule has 0 fully saturated rings. The van der Waals surface area contributed by atoms with Gasteiger partial charge in [-0.3, -0.25) is 4.98 Å². The normalized spacial score (nSPS) is 10.9. The van der Waals surface area contributed by atoms with E-state index in [2.05, 4.69) is 39.4 Å². The highest BCUT2D eigenvalue weighted by Gasteiger charge is 2.05. The van der Waals surface area contributed by atoms with E-state index < -0.39 is 0 Å². The lowest BCUT2D eigenvalue weighted by molar-refractivity contribution is 0.853. The molecule has 108 valence electrons. The van der Waals surface area contributed by atoms with Gasteiger partial charge in [0.1, 0.15) is 5.82 Å². The Morgan fingerprint density at radius 1 is 1.19 bits per heavy atom. The number of anilines is 1. The van der Waals surface area contributed by atoms with Gasteiger partial charge >= 0.3 is 0 Å². The molecule has 0 unspecified atom stereocenters. The Morgan fingerprint density at radius 3 is 2.95 bits per heavy atom. The van der Waals surface area contributed by atoms with Crippen molar-refractivity contribution in [1.29, 1.82) is 0 Å². The smallest absolute Gasteiger partial charge is 0.157 e. The second-order valence-corrected chi connectivity index (χ2v) is 5.02. The van der Waals surface area contributed by atoms with Crippen LogP contribution in [0.3, 0.4) is 0 Å². The fraction of sp³-hybridized carbons (Fsp3) is 0.312. The summed E-state index contributed by atoms with van der Waals surface area (Å²) >= 11 is 0. The quantitative estimate of drug-likeness (QED) is 0.755. The molecule has 3 aromatic heterocycles. The predicted octanol–water partition coefficient (Wildman–Crippen LogP) is 2.73. The molecule has 0 radical (unpaired) electrons. The highest BCUT2D eigenvalue weighted by molar-refractivity contribution is 5.49. The van der Waals surface area contributed by atoms with E-state index in [1.54, 1.807) is 12.4 Å². The van der Waals surface area contributed by atoms with E-state index in [1.807, 2.05) is 22.8 Å². The van der Waals surface area contributed by atoms with Gasteiger partial charge in [-0.2, -0.15) is 9.61 Å². The van der Waals surface area contributed by atoms with Gasteiger partial charge in [-0.05, 0) is 24.5 Å². The first-order valence-corrected chi connectivity index (χ1v) is 7.33. The number of rotatable bonds is 6. The third-order valence-electron chi connectivity index (χ3n) is 3.36. The lowest BCUT2D eigenvalue weighted by Gasteiger charge is -2.10. The second kappa shape index (κ2) is 6.35. The van der Waals surface area contributed by atoms with Crippen LogP contribution in [0.2, 0.25) is 0 Å². The van der Waals surface area contributed by atoms with Gasteiger partial charge in [0.05, 0.1) is 6.20 Å². The van der Waals surface area contributed by atoms with Gasteiger partial charge in [-0.1, -0.05) is 19.4 Å². The number of hydrogen-bond donors (Lipinski definition) is 1. The van der Waals surface area contributed by atoms with E-state index in [0.717, 1.165) is 43.0 Å². The second-order valence-electron chi connectivity index (χ2n) is 5.02. The van der Waals surface area contributed by atoms with Crippen molar-refractivity contribution >= 4 is 11.5 Å². The highest BCUT2D eigenvalue weighted by atomic mass is 15.3. The molecule has 0 aliphatic heterocycles. The van der Waals surface area contributed by atoms with Crippen LogP contribution in [0.5, 0.6) is 0 Å².